The monoisotopic (exact) mass is 456 g/mol. The highest BCUT2D eigenvalue weighted by atomic mass is 32.2. The zero-order chi connectivity index (χ0) is 23.3. The van der Waals surface area contributed by atoms with Gasteiger partial charge in [0.2, 0.25) is 0 Å². The van der Waals surface area contributed by atoms with Gasteiger partial charge in [0.05, 0.1) is 29.6 Å². The average Bonchev–Trinajstić information content (AvgIpc) is 3.21. The van der Waals surface area contributed by atoms with E-state index >= 15 is 0 Å². The highest BCUT2D eigenvalue weighted by Crippen LogP contribution is 2.42. The lowest BCUT2D eigenvalue weighted by Gasteiger charge is -2.20. The molecule has 0 saturated heterocycles. The third kappa shape index (κ3) is 3.51. The fourth-order valence-corrected chi connectivity index (χ4v) is 5.27. The first-order valence-corrected chi connectivity index (χ1v) is 12.7. The molecule has 0 bridgehead atoms. The van der Waals surface area contributed by atoms with Gasteiger partial charge in [-0.15, -0.1) is 11.8 Å². The van der Waals surface area contributed by atoms with E-state index in [0.717, 1.165) is 45.4 Å². The molecule has 5 rings (SSSR count). The largest absolute Gasteiger partial charge is 0.388 e. The molecule has 0 aliphatic carbocycles. The first kappa shape index (κ1) is 21.9. The second kappa shape index (κ2) is 8.47. The van der Waals surface area contributed by atoms with E-state index < -0.39 is 6.10 Å². The zero-order valence-corrected chi connectivity index (χ0v) is 20.2. The van der Waals surface area contributed by atoms with E-state index in [-0.39, 0.29) is 11.5 Å². The lowest BCUT2D eigenvalue weighted by molar-refractivity contribution is 0.114. The summed E-state index contributed by atoms with van der Waals surface area (Å²) in [6.07, 6.45) is 2.25. The quantitative estimate of drug-likeness (QED) is 0.320. The van der Waals surface area contributed by atoms with Crippen molar-refractivity contribution in [1.29, 1.82) is 0 Å². The van der Waals surface area contributed by atoms with E-state index in [4.69, 9.17) is 4.98 Å². The Morgan fingerprint density at radius 1 is 1.15 bits per heavy atom. The molecule has 3 heterocycles. The van der Waals surface area contributed by atoms with Crippen molar-refractivity contribution >= 4 is 22.7 Å². The molecule has 1 aliphatic heterocycles. The van der Waals surface area contributed by atoms with Crippen molar-refractivity contribution in [2.45, 2.75) is 44.7 Å². The SMILES string of the molecule is CCC(C)C(O)c1cc2n(c(=O)c1C)Cc1c-2nc2ccc(SC)cc2c1-c1ccccc1. The molecule has 2 aromatic heterocycles. The molecular weight excluding hydrogens is 428 g/mol. The third-order valence-corrected chi connectivity index (χ3v) is 7.72. The highest BCUT2D eigenvalue weighted by molar-refractivity contribution is 7.98. The van der Waals surface area contributed by atoms with Crippen molar-refractivity contribution in [2.75, 3.05) is 6.26 Å². The van der Waals surface area contributed by atoms with Gasteiger partial charge < -0.3 is 9.67 Å². The van der Waals surface area contributed by atoms with Gasteiger partial charge in [-0.05, 0) is 60.1 Å². The average molecular weight is 457 g/mol. The summed E-state index contributed by atoms with van der Waals surface area (Å²) in [5.41, 5.74) is 7.17. The maximum absolute atomic E-state index is 13.4. The van der Waals surface area contributed by atoms with Crippen molar-refractivity contribution < 1.29 is 5.11 Å². The minimum absolute atomic E-state index is 0.0456. The summed E-state index contributed by atoms with van der Waals surface area (Å²) in [5.74, 6) is 0.0708. The summed E-state index contributed by atoms with van der Waals surface area (Å²) in [6, 6.07) is 18.7. The second-order valence-corrected chi connectivity index (χ2v) is 9.77. The minimum Gasteiger partial charge on any atom is -0.388 e. The van der Waals surface area contributed by atoms with E-state index in [1.54, 1.807) is 11.8 Å². The van der Waals surface area contributed by atoms with Gasteiger partial charge in [-0.3, -0.25) is 4.79 Å². The fraction of sp³-hybridized carbons (Fsp3) is 0.286. The van der Waals surface area contributed by atoms with Crippen LogP contribution in [-0.2, 0) is 6.54 Å². The molecular formula is C28H28N2O2S. The number of aliphatic hydroxyl groups excluding tert-OH is 1. The molecule has 0 radical (unpaired) electrons. The number of aliphatic hydroxyl groups is 1. The number of nitrogens with zero attached hydrogens (tertiary/aromatic N) is 2. The maximum atomic E-state index is 13.4. The van der Waals surface area contributed by atoms with Gasteiger partial charge in [0.25, 0.3) is 5.56 Å². The van der Waals surface area contributed by atoms with E-state index in [1.165, 1.54) is 4.90 Å². The normalized spacial score (nSPS) is 14.2. The molecule has 0 amide bonds. The Bertz CT molecular complexity index is 1430. The molecule has 4 aromatic rings. The molecule has 0 fully saturated rings. The van der Waals surface area contributed by atoms with Gasteiger partial charge in [-0.25, -0.2) is 4.98 Å². The zero-order valence-electron chi connectivity index (χ0n) is 19.4. The Balaban J connectivity index is 1.82. The molecule has 0 spiro atoms. The number of hydrogen-bond acceptors (Lipinski definition) is 4. The van der Waals surface area contributed by atoms with Gasteiger partial charge in [0.1, 0.15) is 0 Å². The molecule has 0 saturated carbocycles. The van der Waals surface area contributed by atoms with Gasteiger partial charge >= 0.3 is 0 Å². The van der Waals surface area contributed by atoms with Gasteiger partial charge in [0.15, 0.2) is 0 Å². The van der Waals surface area contributed by atoms with Gasteiger partial charge in [-0.2, -0.15) is 0 Å². The van der Waals surface area contributed by atoms with Crippen LogP contribution in [0.4, 0.5) is 0 Å². The summed E-state index contributed by atoms with van der Waals surface area (Å²) < 4.78 is 1.82. The van der Waals surface area contributed by atoms with Crippen molar-refractivity contribution in [3.05, 3.63) is 81.6 Å². The van der Waals surface area contributed by atoms with Crippen LogP contribution in [0.1, 0.15) is 43.1 Å². The first-order valence-electron chi connectivity index (χ1n) is 11.4. The van der Waals surface area contributed by atoms with Crippen LogP contribution in [0, 0.1) is 12.8 Å². The Morgan fingerprint density at radius 3 is 2.61 bits per heavy atom. The number of hydrogen-bond donors (Lipinski definition) is 1. The predicted octanol–water partition coefficient (Wildman–Crippen LogP) is 6.20. The van der Waals surface area contributed by atoms with E-state index in [0.29, 0.717) is 17.7 Å². The van der Waals surface area contributed by atoms with Crippen LogP contribution in [0.3, 0.4) is 0 Å². The number of aromatic nitrogens is 2. The number of pyridine rings is 2. The van der Waals surface area contributed by atoms with E-state index in [1.807, 2.05) is 42.7 Å². The third-order valence-electron chi connectivity index (χ3n) is 7.00. The molecule has 4 nitrogen and oxygen atoms in total. The second-order valence-electron chi connectivity index (χ2n) is 8.89. The Kier molecular flexibility index (Phi) is 5.63. The van der Waals surface area contributed by atoms with E-state index in [2.05, 4.69) is 43.5 Å². The highest BCUT2D eigenvalue weighted by Gasteiger charge is 2.30. The van der Waals surface area contributed by atoms with Crippen LogP contribution in [0.25, 0.3) is 33.4 Å². The number of fused-ring (bicyclic) bond motifs is 4. The Morgan fingerprint density at radius 2 is 1.91 bits per heavy atom. The van der Waals surface area contributed by atoms with Crippen molar-refractivity contribution in [2.24, 2.45) is 5.92 Å². The van der Waals surface area contributed by atoms with Crippen LogP contribution < -0.4 is 5.56 Å². The van der Waals surface area contributed by atoms with Crippen molar-refractivity contribution in [1.82, 2.24) is 9.55 Å². The van der Waals surface area contributed by atoms with Crippen LogP contribution in [0.5, 0.6) is 0 Å². The number of benzene rings is 2. The standard InChI is InChI=1S/C28H28N2O2S/c1-5-16(2)27(31)20-14-24-26-22(15-30(24)28(32)17(20)3)25(18-9-7-6-8-10-18)21-13-19(33-4)11-12-23(21)29-26/h6-14,16,27,31H,5,15H2,1-4H3. The topological polar surface area (TPSA) is 55.1 Å². The van der Waals surface area contributed by atoms with Gasteiger partial charge in [-0.1, -0.05) is 50.6 Å². The summed E-state index contributed by atoms with van der Waals surface area (Å²) in [7, 11) is 0. The van der Waals surface area contributed by atoms with Gasteiger partial charge in [0, 0.05) is 21.4 Å². The van der Waals surface area contributed by atoms with Crippen molar-refractivity contribution in [3.8, 4) is 22.5 Å². The van der Waals surface area contributed by atoms with E-state index in [9.17, 15) is 9.90 Å². The van der Waals surface area contributed by atoms with Crippen LogP contribution in [0.15, 0.2) is 64.3 Å². The smallest absolute Gasteiger partial charge is 0.254 e. The number of rotatable bonds is 5. The Hall–Kier alpha value is -2.89. The summed E-state index contributed by atoms with van der Waals surface area (Å²) in [5, 5.41) is 12.1. The molecule has 1 aliphatic rings. The minimum atomic E-state index is -0.671. The molecule has 1 N–H and O–H groups in total. The molecule has 168 valence electrons. The lowest BCUT2D eigenvalue weighted by atomic mass is 9.92. The molecule has 2 aromatic carbocycles. The van der Waals surface area contributed by atoms with Crippen LogP contribution in [0.2, 0.25) is 0 Å². The maximum Gasteiger partial charge on any atom is 0.254 e. The van der Waals surface area contributed by atoms with Crippen molar-refractivity contribution in [3.63, 3.8) is 0 Å². The predicted molar refractivity (Wildman–Crippen MR) is 137 cm³/mol. The summed E-state index contributed by atoms with van der Waals surface area (Å²) in [6.45, 7) is 6.39. The summed E-state index contributed by atoms with van der Waals surface area (Å²) in [4.78, 5) is 19.7. The lowest BCUT2D eigenvalue weighted by Crippen LogP contribution is -2.25. The first-order chi connectivity index (χ1) is 15.9. The number of thioether (sulfide) groups is 1. The summed E-state index contributed by atoms with van der Waals surface area (Å²) >= 11 is 1.71. The molecule has 5 heteroatoms. The molecule has 2 atom stereocenters. The Labute approximate surface area is 198 Å². The van der Waals surface area contributed by atoms with Crippen LogP contribution in [-0.4, -0.2) is 20.9 Å². The fourth-order valence-electron chi connectivity index (χ4n) is 4.83. The molecule has 2 unspecified atom stereocenters. The molecule has 33 heavy (non-hydrogen) atoms. The van der Waals surface area contributed by atoms with Crippen LogP contribution >= 0.6 is 11.8 Å².